The molecule has 0 fully saturated rings. The monoisotopic (exact) mass is 571 g/mol. The third-order valence-electron chi connectivity index (χ3n) is 5.22. The minimum absolute atomic E-state index is 0.0521. The first-order valence-corrected chi connectivity index (χ1v) is 12.4. The number of pyridine rings is 1. The molecule has 0 atom stereocenters. The Labute approximate surface area is 228 Å². The Morgan fingerprint density at radius 1 is 1.10 bits per heavy atom. The average molecular weight is 572 g/mol. The number of hydrogen-bond donors (Lipinski definition) is 1. The number of carbonyl (C=O) groups is 1. The van der Waals surface area contributed by atoms with Crippen LogP contribution in [-0.4, -0.2) is 51.8 Å². The van der Waals surface area contributed by atoms with Crippen molar-refractivity contribution < 1.29 is 42.0 Å². The SMILES string of the molecule is CC(C)OCCOc1ccc(CCCOc2nn(C)cc2CC(=O)O)c(Oc2ncc(C(F)(F)F)cc2Cl)c1. The fourth-order valence-corrected chi connectivity index (χ4v) is 3.69. The number of carboxylic acids is 1. The lowest BCUT2D eigenvalue weighted by Gasteiger charge is -2.15. The van der Waals surface area contributed by atoms with Crippen LogP contribution in [0.4, 0.5) is 13.2 Å². The van der Waals surface area contributed by atoms with Gasteiger partial charge in [0.25, 0.3) is 0 Å². The van der Waals surface area contributed by atoms with E-state index < -0.39 is 17.7 Å². The third kappa shape index (κ3) is 9.32. The van der Waals surface area contributed by atoms with Crippen LogP contribution >= 0.6 is 11.6 Å². The topological polar surface area (TPSA) is 105 Å². The normalized spacial score (nSPS) is 11.6. The van der Waals surface area contributed by atoms with Crippen molar-refractivity contribution in [3.63, 3.8) is 0 Å². The first kappa shape index (κ1) is 30.0. The van der Waals surface area contributed by atoms with Crippen LogP contribution in [-0.2, 0) is 35.6 Å². The largest absolute Gasteiger partial charge is 0.491 e. The van der Waals surface area contributed by atoms with Crippen LogP contribution < -0.4 is 14.2 Å². The first-order chi connectivity index (χ1) is 18.4. The second-order valence-electron chi connectivity index (χ2n) is 8.80. The molecule has 9 nitrogen and oxygen atoms in total. The van der Waals surface area contributed by atoms with Crippen LogP contribution in [0, 0.1) is 0 Å². The van der Waals surface area contributed by atoms with Crippen molar-refractivity contribution in [3.8, 4) is 23.3 Å². The molecule has 0 saturated carbocycles. The molecule has 1 aromatic carbocycles. The van der Waals surface area contributed by atoms with Gasteiger partial charge in [0.2, 0.25) is 11.8 Å². The molecule has 39 heavy (non-hydrogen) atoms. The molecule has 2 aromatic heterocycles. The second-order valence-corrected chi connectivity index (χ2v) is 9.21. The van der Waals surface area contributed by atoms with Crippen LogP contribution in [0.15, 0.2) is 36.7 Å². The summed E-state index contributed by atoms with van der Waals surface area (Å²) < 4.78 is 63.2. The van der Waals surface area contributed by atoms with Crippen molar-refractivity contribution >= 4 is 17.6 Å². The maximum atomic E-state index is 13.0. The minimum Gasteiger partial charge on any atom is -0.491 e. The predicted octanol–water partition coefficient (Wildman–Crippen LogP) is 5.72. The van der Waals surface area contributed by atoms with Gasteiger partial charge in [-0.05, 0) is 44.4 Å². The van der Waals surface area contributed by atoms with Gasteiger partial charge in [-0.15, -0.1) is 5.10 Å². The number of aliphatic carboxylic acids is 1. The van der Waals surface area contributed by atoms with E-state index >= 15 is 0 Å². The summed E-state index contributed by atoms with van der Waals surface area (Å²) in [4.78, 5) is 14.8. The van der Waals surface area contributed by atoms with Crippen molar-refractivity contribution in [2.24, 2.45) is 7.05 Å². The zero-order valence-electron chi connectivity index (χ0n) is 21.6. The van der Waals surface area contributed by atoms with Crippen LogP contribution in [0.1, 0.15) is 37.0 Å². The van der Waals surface area contributed by atoms with Crippen molar-refractivity contribution in [3.05, 3.63) is 58.4 Å². The smallest absolute Gasteiger partial charge is 0.417 e. The standard InChI is InChI=1S/C26H29ClF3N3O6/c1-16(2)36-9-10-37-20-7-6-17(5-4-8-38-24-18(11-23(34)35)15-33(3)32-24)22(13-20)39-25-21(27)12-19(14-31-25)26(28,29)30/h6-7,12-16H,4-5,8-11H2,1-3H3,(H,34,35). The summed E-state index contributed by atoms with van der Waals surface area (Å²) in [5.74, 6) is -0.176. The van der Waals surface area contributed by atoms with Gasteiger partial charge in [-0.2, -0.15) is 13.2 Å². The van der Waals surface area contributed by atoms with Gasteiger partial charge in [0.15, 0.2) is 0 Å². The number of carboxylic acid groups (broad SMARTS) is 1. The molecule has 0 amide bonds. The molecule has 3 rings (SSSR count). The quantitative estimate of drug-likeness (QED) is 0.245. The lowest BCUT2D eigenvalue weighted by atomic mass is 10.1. The maximum Gasteiger partial charge on any atom is 0.417 e. The molecule has 0 aliphatic heterocycles. The Morgan fingerprint density at radius 3 is 2.54 bits per heavy atom. The van der Waals surface area contributed by atoms with Crippen LogP contribution in [0.3, 0.4) is 0 Å². The zero-order valence-corrected chi connectivity index (χ0v) is 22.4. The summed E-state index contributed by atoms with van der Waals surface area (Å²) >= 11 is 6.05. The summed E-state index contributed by atoms with van der Waals surface area (Å²) in [5, 5.41) is 12.9. The summed E-state index contributed by atoms with van der Waals surface area (Å²) in [6.07, 6.45) is -1.57. The van der Waals surface area contributed by atoms with E-state index in [1.807, 2.05) is 13.8 Å². The van der Waals surface area contributed by atoms with Crippen molar-refractivity contribution in [2.45, 2.75) is 45.4 Å². The van der Waals surface area contributed by atoms with E-state index in [4.69, 9.17) is 35.7 Å². The second kappa shape index (κ2) is 13.5. The Bertz CT molecular complexity index is 1270. The van der Waals surface area contributed by atoms with E-state index in [1.54, 1.807) is 31.4 Å². The van der Waals surface area contributed by atoms with E-state index in [9.17, 15) is 18.0 Å². The molecule has 1 N–H and O–H groups in total. The number of hydrogen-bond acceptors (Lipinski definition) is 7. The number of benzene rings is 1. The minimum atomic E-state index is -4.59. The molecular weight excluding hydrogens is 543 g/mol. The fourth-order valence-electron chi connectivity index (χ4n) is 3.48. The highest BCUT2D eigenvalue weighted by Crippen LogP contribution is 2.36. The lowest BCUT2D eigenvalue weighted by molar-refractivity contribution is -0.138. The van der Waals surface area contributed by atoms with Crippen LogP contribution in [0.25, 0.3) is 0 Å². The van der Waals surface area contributed by atoms with Crippen LogP contribution in [0.5, 0.6) is 23.3 Å². The number of aryl methyl sites for hydroxylation is 2. The summed E-state index contributed by atoms with van der Waals surface area (Å²) in [6, 6.07) is 5.86. The molecule has 0 unspecified atom stereocenters. The Balaban J connectivity index is 1.73. The van der Waals surface area contributed by atoms with Crippen molar-refractivity contribution in [1.29, 1.82) is 0 Å². The average Bonchev–Trinajstić information content (AvgIpc) is 3.19. The van der Waals surface area contributed by atoms with Gasteiger partial charge in [-0.25, -0.2) is 4.98 Å². The molecule has 0 aliphatic rings. The van der Waals surface area contributed by atoms with Gasteiger partial charge >= 0.3 is 12.1 Å². The molecule has 13 heteroatoms. The zero-order chi connectivity index (χ0) is 28.6. The molecule has 212 valence electrons. The maximum absolute atomic E-state index is 13.0. The molecular formula is C26H29ClF3N3O6. The molecule has 3 aromatic rings. The predicted molar refractivity (Wildman–Crippen MR) is 136 cm³/mol. The van der Waals surface area contributed by atoms with E-state index in [1.165, 1.54) is 4.68 Å². The van der Waals surface area contributed by atoms with Crippen molar-refractivity contribution in [1.82, 2.24) is 14.8 Å². The van der Waals surface area contributed by atoms with Gasteiger partial charge < -0.3 is 24.1 Å². The third-order valence-corrected chi connectivity index (χ3v) is 5.49. The van der Waals surface area contributed by atoms with Crippen molar-refractivity contribution in [2.75, 3.05) is 19.8 Å². The van der Waals surface area contributed by atoms with E-state index in [-0.39, 0.29) is 42.5 Å². The van der Waals surface area contributed by atoms with Gasteiger partial charge in [-0.1, -0.05) is 17.7 Å². The van der Waals surface area contributed by atoms with E-state index in [2.05, 4.69) is 10.1 Å². The lowest BCUT2D eigenvalue weighted by Crippen LogP contribution is -2.11. The highest BCUT2D eigenvalue weighted by molar-refractivity contribution is 6.31. The Morgan fingerprint density at radius 2 is 1.87 bits per heavy atom. The Kier molecular flexibility index (Phi) is 10.4. The van der Waals surface area contributed by atoms with E-state index in [0.717, 1.165) is 6.07 Å². The first-order valence-electron chi connectivity index (χ1n) is 12.1. The highest BCUT2D eigenvalue weighted by Gasteiger charge is 2.32. The molecule has 2 heterocycles. The highest BCUT2D eigenvalue weighted by atomic mass is 35.5. The fraction of sp³-hybridized carbons (Fsp3) is 0.423. The summed E-state index contributed by atoms with van der Waals surface area (Å²) in [5.41, 5.74) is 0.171. The number of halogens is 4. The number of ether oxygens (including phenoxy) is 4. The van der Waals surface area contributed by atoms with Gasteiger partial charge in [0, 0.05) is 31.1 Å². The van der Waals surface area contributed by atoms with Crippen LogP contribution in [0.2, 0.25) is 5.02 Å². The molecule has 0 aliphatic carbocycles. The molecule has 0 bridgehead atoms. The number of nitrogens with zero attached hydrogens (tertiary/aromatic N) is 3. The summed E-state index contributed by atoms with van der Waals surface area (Å²) in [7, 11) is 1.67. The number of rotatable bonds is 14. The number of alkyl halides is 3. The number of aromatic nitrogens is 3. The molecule has 0 radical (unpaired) electrons. The van der Waals surface area contributed by atoms with Gasteiger partial charge in [0.1, 0.15) is 23.1 Å². The van der Waals surface area contributed by atoms with Gasteiger partial charge in [0.05, 0.1) is 31.3 Å². The molecule has 0 saturated heterocycles. The summed E-state index contributed by atoms with van der Waals surface area (Å²) in [6.45, 7) is 4.70. The Hall–Kier alpha value is -3.51. The molecule has 0 spiro atoms. The van der Waals surface area contributed by atoms with Gasteiger partial charge in [-0.3, -0.25) is 9.48 Å². The van der Waals surface area contributed by atoms with E-state index in [0.29, 0.717) is 48.3 Å².